The molecule has 0 heterocycles. The third-order valence-corrected chi connectivity index (χ3v) is 3.46. The van der Waals surface area contributed by atoms with Gasteiger partial charge in [0, 0.05) is 10.6 Å². The smallest absolute Gasteiger partial charge is 0.115 e. The molecule has 2 rings (SSSR count). The maximum atomic E-state index is 9.35. The quantitative estimate of drug-likeness (QED) is 0.814. The highest BCUT2D eigenvalue weighted by Crippen LogP contribution is 2.24. The molecule has 0 saturated carbocycles. The van der Waals surface area contributed by atoms with Gasteiger partial charge in [-0.05, 0) is 35.4 Å². The van der Waals surface area contributed by atoms with Crippen molar-refractivity contribution in [1.29, 1.82) is 0 Å². The summed E-state index contributed by atoms with van der Waals surface area (Å²) in [5, 5.41) is 18.4. The number of rotatable bonds is 4. The number of thioether (sulfide) groups is 1. The van der Waals surface area contributed by atoms with E-state index in [2.05, 4.69) is 0 Å². The van der Waals surface area contributed by atoms with Gasteiger partial charge in [0.05, 0.1) is 6.61 Å². The number of hydrogen-bond donors (Lipinski definition) is 2. The number of benzene rings is 2. The predicted molar refractivity (Wildman–Crippen MR) is 70.0 cm³/mol. The first-order valence-electron chi connectivity index (χ1n) is 5.38. The van der Waals surface area contributed by atoms with E-state index in [1.807, 2.05) is 36.4 Å². The molecule has 0 aliphatic carbocycles. The topological polar surface area (TPSA) is 40.5 Å². The van der Waals surface area contributed by atoms with Crippen LogP contribution >= 0.6 is 11.8 Å². The molecule has 0 aliphatic heterocycles. The van der Waals surface area contributed by atoms with Gasteiger partial charge in [0.15, 0.2) is 0 Å². The van der Waals surface area contributed by atoms with Gasteiger partial charge in [-0.15, -0.1) is 11.8 Å². The van der Waals surface area contributed by atoms with Crippen LogP contribution in [0.15, 0.2) is 53.4 Å². The van der Waals surface area contributed by atoms with E-state index in [1.54, 1.807) is 23.9 Å². The van der Waals surface area contributed by atoms with E-state index in [4.69, 9.17) is 5.11 Å². The Morgan fingerprint density at radius 1 is 0.941 bits per heavy atom. The molecule has 0 amide bonds. The molecule has 0 fully saturated rings. The van der Waals surface area contributed by atoms with Crippen LogP contribution in [0.1, 0.15) is 11.1 Å². The molecule has 3 heteroatoms. The average Bonchev–Trinajstić information content (AvgIpc) is 2.37. The van der Waals surface area contributed by atoms with Crippen molar-refractivity contribution in [1.82, 2.24) is 0 Å². The third-order valence-electron chi connectivity index (χ3n) is 2.40. The van der Waals surface area contributed by atoms with Crippen molar-refractivity contribution in [3.05, 3.63) is 59.7 Å². The van der Waals surface area contributed by atoms with E-state index < -0.39 is 0 Å². The van der Waals surface area contributed by atoms with E-state index >= 15 is 0 Å². The average molecular weight is 246 g/mol. The molecule has 0 saturated heterocycles. The SMILES string of the molecule is OCc1cccc(SCc2cccc(O)c2)c1. The Labute approximate surface area is 105 Å². The van der Waals surface area contributed by atoms with Crippen LogP contribution in [0.5, 0.6) is 5.75 Å². The van der Waals surface area contributed by atoms with Crippen LogP contribution in [0.25, 0.3) is 0 Å². The molecule has 88 valence electrons. The van der Waals surface area contributed by atoms with Crippen LogP contribution in [0, 0.1) is 0 Å². The standard InChI is InChI=1S/C14H14O2S/c15-9-11-3-2-6-14(8-11)17-10-12-4-1-5-13(16)7-12/h1-8,15-16H,9-10H2. The van der Waals surface area contributed by atoms with Crippen molar-refractivity contribution in [3.8, 4) is 5.75 Å². The summed E-state index contributed by atoms with van der Waals surface area (Å²) in [5.41, 5.74) is 2.01. The van der Waals surface area contributed by atoms with Crippen molar-refractivity contribution in [2.75, 3.05) is 0 Å². The minimum absolute atomic E-state index is 0.0700. The zero-order chi connectivity index (χ0) is 12.1. The lowest BCUT2D eigenvalue weighted by molar-refractivity contribution is 0.281. The number of phenols is 1. The van der Waals surface area contributed by atoms with Crippen molar-refractivity contribution in [2.24, 2.45) is 0 Å². The summed E-state index contributed by atoms with van der Waals surface area (Å²) in [4.78, 5) is 1.12. The first-order chi connectivity index (χ1) is 8.28. The molecule has 0 bridgehead atoms. The first-order valence-corrected chi connectivity index (χ1v) is 6.37. The lowest BCUT2D eigenvalue weighted by Gasteiger charge is -2.04. The Morgan fingerprint density at radius 2 is 1.71 bits per heavy atom. The summed E-state index contributed by atoms with van der Waals surface area (Å²) in [7, 11) is 0. The lowest BCUT2D eigenvalue weighted by Crippen LogP contribution is -1.84. The Bertz CT molecular complexity index is 497. The fourth-order valence-electron chi connectivity index (χ4n) is 1.55. The molecule has 0 spiro atoms. The van der Waals surface area contributed by atoms with Crippen molar-refractivity contribution < 1.29 is 10.2 Å². The van der Waals surface area contributed by atoms with Crippen molar-refractivity contribution in [2.45, 2.75) is 17.3 Å². The van der Waals surface area contributed by atoms with Crippen molar-refractivity contribution >= 4 is 11.8 Å². The number of phenolic OH excluding ortho intramolecular Hbond substituents is 1. The predicted octanol–water partition coefficient (Wildman–Crippen LogP) is 3.18. The lowest BCUT2D eigenvalue weighted by atomic mass is 10.2. The zero-order valence-corrected chi connectivity index (χ0v) is 10.2. The molecule has 0 atom stereocenters. The molecule has 17 heavy (non-hydrogen) atoms. The van der Waals surface area contributed by atoms with Crippen LogP contribution in [-0.2, 0) is 12.4 Å². The zero-order valence-electron chi connectivity index (χ0n) is 9.34. The minimum Gasteiger partial charge on any atom is -0.508 e. The summed E-state index contributed by atoms with van der Waals surface area (Å²) in [6.45, 7) is 0.0700. The van der Waals surface area contributed by atoms with Gasteiger partial charge in [-0.1, -0.05) is 24.3 Å². The Balaban J connectivity index is 2.02. The van der Waals surface area contributed by atoms with E-state index in [-0.39, 0.29) is 6.61 Å². The van der Waals surface area contributed by atoms with Gasteiger partial charge in [-0.2, -0.15) is 0 Å². The highest BCUT2D eigenvalue weighted by molar-refractivity contribution is 7.98. The normalized spacial score (nSPS) is 10.4. The molecule has 2 nitrogen and oxygen atoms in total. The Kier molecular flexibility index (Phi) is 4.07. The molecule has 2 N–H and O–H groups in total. The fourth-order valence-corrected chi connectivity index (χ4v) is 2.47. The van der Waals surface area contributed by atoms with E-state index in [9.17, 15) is 5.11 Å². The van der Waals surface area contributed by atoms with Crippen molar-refractivity contribution in [3.63, 3.8) is 0 Å². The van der Waals surface area contributed by atoms with Crippen LogP contribution in [-0.4, -0.2) is 10.2 Å². The highest BCUT2D eigenvalue weighted by Gasteiger charge is 1.98. The van der Waals surface area contributed by atoms with E-state index in [1.165, 1.54) is 0 Å². The van der Waals surface area contributed by atoms with Gasteiger partial charge in [0.1, 0.15) is 5.75 Å². The summed E-state index contributed by atoms with van der Waals surface area (Å²) < 4.78 is 0. The maximum Gasteiger partial charge on any atom is 0.115 e. The maximum absolute atomic E-state index is 9.35. The van der Waals surface area contributed by atoms with Crippen LogP contribution in [0.4, 0.5) is 0 Å². The summed E-state index contributed by atoms with van der Waals surface area (Å²) in [6.07, 6.45) is 0. The molecular weight excluding hydrogens is 232 g/mol. The van der Waals surface area contributed by atoms with Gasteiger partial charge in [-0.3, -0.25) is 0 Å². The molecule has 0 radical (unpaired) electrons. The second-order valence-corrected chi connectivity index (χ2v) is 4.81. The van der Waals surface area contributed by atoms with Gasteiger partial charge < -0.3 is 10.2 Å². The van der Waals surface area contributed by atoms with Gasteiger partial charge in [0.2, 0.25) is 0 Å². The van der Waals surface area contributed by atoms with E-state index in [0.717, 1.165) is 21.8 Å². The Morgan fingerprint density at radius 3 is 2.47 bits per heavy atom. The van der Waals surface area contributed by atoms with Gasteiger partial charge in [0.25, 0.3) is 0 Å². The number of aliphatic hydroxyl groups is 1. The van der Waals surface area contributed by atoms with E-state index in [0.29, 0.717) is 5.75 Å². The molecular formula is C14H14O2S. The highest BCUT2D eigenvalue weighted by atomic mass is 32.2. The second kappa shape index (κ2) is 5.75. The third kappa shape index (κ3) is 3.51. The number of hydrogen-bond acceptors (Lipinski definition) is 3. The summed E-state index contributed by atoms with van der Waals surface area (Å²) in [6, 6.07) is 15.1. The van der Waals surface area contributed by atoms with Crippen LogP contribution in [0.3, 0.4) is 0 Å². The molecule has 0 unspecified atom stereocenters. The monoisotopic (exact) mass is 246 g/mol. The number of aromatic hydroxyl groups is 1. The van der Waals surface area contributed by atoms with Crippen LogP contribution in [0.2, 0.25) is 0 Å². The van der Waals surface area contributed by atoms with Gasteiger partial charge >= 0.3 is 0 Å². The largest absolute Gasteiger partial charge is 0.508 e. The molecule has 2 aromatic rings. The first kappa shape index (κ1) is 12.0. The Hall–Kier alpha value is -1.45. The molecule has 0 aromatic heterocycles. The van der Waals surface area contributed by atoms with Crippen LogP contribution < -0.4 is 0 Å². The number of aliphatic hydroxyl groups excluding tert-OH is 1. The van der Waals surface area contributed by atoms with Gasteiger partial charge in [-0.25, -0.2) is 0 Å². The summed E-state index contributed by atoms with van der Waals surface area (Å²) in [5.74, 6) is 1.11. The summed E-state index contributed by atoms with van der Waals surface area (Å²) >= 11 is 1.69. The minimum atomic E-state index is 0.0700. The second-order valence-electron chi connectivity index (χ2n) is 3.76. The molecule has 0 aliphatic rings. The fraction of sp³-hybridized carbons (Fsp3) is 0.143. The molecule has 2 aromatic carbocycles.